The van der Waals surface area contributed by atoms with E-state index in [2.05, 4.69) is 10.1 Å². The van der Waals surface area contributed by atoms with Crippen molar-refractivity contribution in [2.45, 2.75) is 6.92 Å². The van der Waals surface area contributed by atoms with E-state index in [0.717, 1.165) is 16.5 Å². The van der Waals surface area contributed by atoms with Crippen molar-refractivity contribution in [3.63, 3.8) is 0 Å². The van der Waals surface area contributed by atoms with Crippen LogP contribution in [0.15, 0.2) is 35.3 Å². The standard InChI is InChI=1S/C14H13N3O2/c1-8-12(18)6-13(19)15-14(8)9-3-4-10-7-17(2)16-11(10)5-9/h3-7H,1-2H3,(H2,15,18,19). The van der Waals surface area contributed by atoms with Gasteiger partial charge in [-0.3, -0.25) is 9.48 Å². The normalized spacial score (nSPS) is 11.1. The van der Waals surface area contributed by atoms with Gasteiger partial charge >= 0.3 is 0 Å². The molecule has 0 aliphatic rings. The van der Waals surface area contributed by atoms with E-state index in [1.54, 1.807) is 11.6 Å². The Balaban J connectivity index is 2.26. The van der Waals surface area contributed by atoms with Crippen LogP contribution in [0.1, 0.15) is 5.56 Å². The molecule has 0 aliphatic carbocycles. The maximum Gasteiger partial charge on any atom is 0.252 e. The molecule has 3 aromatic rings. The summed E-state index contributed by atoms with van der Waals surface area (Å²) in [5.41, 5.74) is 2.63. The van der Waals surface area contributed by atoms with Crippen LogP contribution in [0.4, 0.5) is 0 Å². The largest absolute Gasteiger partial charge is 0.507 e. The summed E-state index contributed by atoms with van der Waals surface area (Å²) in [6, 6.07) is 6.92. The molecule has 0 saturated heterocycles. The molecule has 2 heterocycles. The Morgan fingerprint density at radius 1 is 1.32 bits per heavy atom. The monoisotopic (exact) mass is 255 g/mol. The first-order valence-electron chi connectivity index (χ1n) is 5.91. The minimum Gasteiger partial charge on any atom is -0.507 e. The van der Waals surface area contributed by atoms with Crippen LogP contribution in [-0.4, -0.2) is 19.9 Å². The number of pyridine rings is 1. The lowest BCUT2D eigenvalue weighted by Crippen LogP contribution is -2.06. The van der Waals surface area contributed by atoms with Gasteiger partial charge in [-0.05, 0) is 13.0 Å². The number of aryl methyl sites for hydroxylation is 1. The van der Waals surface area contributed by atoms with Gasteiger partial charge in [0.15, 0.2) is 0 Å². The van der Waals surface area contributed by atoms with Gasteiger partial charge in [0.2, 0.25) is 0 Å². The molecule has 2 aromatic heterocycles. The van der Waals surface area contributed by atoms with E-state index in [1.807, 2.05) is 31.4 Å². The van der Waals surface area contributed by atoms with Gasteiger partial charge in [-0.1, -0.05) is 12.1 Å². The number of hydrogen-bond acceptors (Lipinski definition) is 3. The topological polar surface area (TPSA) is 70.9 Å². The molecule has 3 rings (SSSR count). The molecule has 0 saturated carbocycles. The lowest BCUT2D eigenvalue weighted by Gasteiger charge is -2.07. The number of benzene rings is 1. The summed E-state index contributed by atoms with van der Waals surface area (Å²) in [5.74, 6) is -0.000122. The average molecular weight is 255 g/mol. The van der Waals surface area contributed by atoms with Crippen molar-refractivity contribution in [3.05, 3.63) is 46.4 Å². The number of H-pyrrole nitrogens is 1. The summed E-state index contributed by atoms with van der Waals surface area (Å²) in [5, 5.41) is 15.1. The third-order valence-corrected chi connectivity index (χ3v) is 3.19. The number of aromatic hydroxyl groups is 1. The first-order valence-corrected chi connectivity index (χ1v) is 5.91. The molecule has 0 spiro atoms. The highest BCUT2D eigenvalue weighted by atomic mass is 16.3. The SMILES string of the molecule is Cc1c(O)cc(=O)[nH]c1-c1ccc2cn(C)nc2c1. The zero-order chi connectivity index (χ0) is 13.6. The first-order chi connectivity index (χ1) is 9.04. The minimum atomic E-state index is -0.320. The predicted molar refractivity (Wildman–Crippen MR) is 73.2 cm³/mol. The molecule has 0 bridgehead atoms. The molecule has 0 fully saturated rings. The molecular formula is C14H13N3O2. The smallest absolute Gasteiger partial charge is 0.252 e. The number of fused-ring (bicyclic) bond motifs is 1. The molecule has 1 aromatic carbocycles. The van der Waals surface area contributed by atoms with Crippen molar-refractivity contribution in [1.82, 2.24) is 14.8 Å². The van der Waals surface area contributed by atoms with Gasteiger partial charge in [0, 0.05) is 35.8 Å². The van der Waals surface area contributed by atoms with Crippen LogP contribution in [0, 0.1) is 6.92 Å². The third-order valence-electron chi connectivity index (χ3n) is 3.19. The van der Waals surface area contributed by atoms with Crippen LogP contribution in [0.3, 0.4) is 0 Å². The molecule has 0 unspecified atom stereocenters. The Bertz CT molecular complexity index is 830. The van der Waals surface area contributed by atoms with Crippen molar-refractivity contribution in [2.75, 3.05) is 0 Å². The van der Waals surface area contributed by atoms with E-state index in [0.29, 0.717) is 11.3 Å². The summed E-state index contributed by atoms with van der Waals surface area (Å²) >= 11 is 0. The van der Waals surface area contributed by atoms with Gasteiger partial charge in [-0.25, -0.2) is 0 Å². The van der Waals surface area contributed by atoms with Gasteiger partial charge in [-0.15, -0.1) is 0 Å². The van der Waals surface area contributed by atoms with Crippen LogP contribution in [-0.2, 0) is 7.05 Å². The second-order valence-corrected chi connectivity index (χ2v) is 4.60. The van der Waals surface area contributed by atoms with E-state index < -0.39 is 0 Å². The van der Waals surface area contributed by atoms with Gasteiger partial charge in [0.05, 0.1) is 11.2 Å². The van der Waals surface area contributed by atoms with E-state index in [9.17, 15) is 9.90 Å². The Hall–Kier alpha value is -2.56. The van der Waals surface area contributed by atoms with Crippen molar-refractivity contribution in [1.29, 1.82) is 0 Å². The van der Waals surface area contributed by atoms with Crippen molar-refractivity contribution >= 4 is 10.9 Å². The molecule has 19 heavy (non-hydrogen) atoms. The zero-order valence-electron chi connectivity index (χ0n) is 10.6. The fraction of sp³-hybridized carbons (Fsp3) is 0.143. The number of aromatic nitrogens is 3. The number of aromatic amines is 1. The van der Waals surface area contributed by atoms with Crippen molar-refractivity contribution in [3.8, 4) is 17.0 Å². The maximum atomic E-state index is 11.5. The van der Waals surface area contributed by atoms with E-state index in [-0.39, 0.29) is 11.3 Å². The van der Waals surface area contributed by atoms with Crippen molar-refractivity contribution in [2.24, 2.45) is 7.05 Å². The number of nitrogens with zero attached hydrogens (tertiary/aromatic N) is 2. The summed E-state index contributed by atoms with van der Waals surface area (Å²) < 4.78 is 1.74. The van der Waals surface area contributed by atoms with Gasteiger partial charge in [0.1, 0.15) is 5.75 Å². The van der Waals surface area contributed by atoms with Crippen molar-refractivity contribution < 1.29 is 5.11 Å². The van der Waals surface area contributed by atoms with Crippen LogP contribution in [0.25, 0.3) is 22.2 Å². The molecule has 5 heteroatoms. The molecule has 0 atom stereocenters. The lowest BCUT2D eigenvalue weighted by molar-refractivity contribution is 0.470. The zero-order valence-corrected chi connectivity index (χ0v) is 10.6. The van der Waals surface area contributed by atoms with E-state index >= 15 is 0 Å². The molecular weight excluding hydrogens is 242 g/mol. The molecule has 5 nitrogen and oxygen atoms in total. The van der Waals surface area contributed by atoms with Crippen LogP contribution in [0.2, 0.25) is 0 Å². The molecule has 0 aliphatic heterocycles. The second kappa shape index (κ2) is 3.98. The number of nitrogens with one attached hydrogen (secondary N) is 1. The Morgan fingerprint density at radius 3 is 2.89 bits per heavy atom. The quantitative estimate of drug-likeness (QED) is 0.698. The molecule has 2 N–H and O–H groups in total. The number of rotatable bonds is 1. The first kappa shape index (κ1) is 11.5. The van der Waals surface area contributed by atoms with Gasteiger partial charge in [0.25, 0.3) is 5.56 Å². The fourth-order valence-electron chi connectivity index (χ4n) is 2.20. The highest BCUT2D eigenvalue weighted by Gasteiger charge is 2.09. The second-order valence-electron chi connectivity index (χ2n) is 4.60. The molecule has 0 amide bonds. The van der Waals surface area contributed by atoms with Gasteiger partial charge in [-0.2, -0.15) is 5.10 Å². The lowest BCUT2D eigenvalue weighted by atomic mass is 10.0. The summed E-state index contributed by atoms with van der Waals surface area (Å²) in [4.78, 5) is 14.2. The summed E-state index contributed by atoms with van der Waals surface area (Å²) in [7, 11) is 1.86. The number of hydrogen-bond donors (Lipinski definition) is 2. The third kappa shape index (κ3) is 1.89. The van der Waals surface area contributed by atoms with Gasteiger partial charge < -0.3 is 10.1 Å². The van der Waals surface area contributed by atoms with Crippen LogP contribution >= 0.6 is 0 Å². The highest BCUT2D eigenvalue weighted by molar-refractivity contribution is 5.84. The summed E-state index contributed by atoms with van der Waals surface area (Å²) in [6.45, 7) is 1.77. The predicted octanol–water partition coefficient (Wildman–Crippen LogP) is 1.94. The Labute approximate surface area is 109 Å². The van der Waals surface area contributed by atoms with E-state index in [1.165, 1.54) is 6.07 Å². The Kier molecular flexibility index (Phi) is 2.41. The minimum absolute atomic E-state index is 0.000122. The Morgan fingerprint density at radius 2 is 2.11 bits per heavy atom. The molecule has 0 radical (unpaired) electrons. The fourth-order valence-corrected chi connectivity index (χ4v) is 2.20. The average Bonchev–Trinajstić information content (AvgIpc) is 2.72. The summed E-state index contributed by atoms with van der Waals surface area (Å²) in [6.07, 6.45) is 1.93. The van der Waals surface area contributed by atoms with Crippen LogP contribution in [0.5, 0.6) is 5.75 Å². The highest BCUT2D eigenvalue weighted by Crippen LogP contribution is 2.27. The van der Waals surface area contributed by atoms with Crippen LogP contribution < -0.4 is 5.56 Å². The van der Waals surface area contributed by atoms with E-state index in [4.69, 9.17) is 0 Å². The maximum absolute atomic E-state index is 11.5. The molecule has 96 valence electrons.